The summed E-state index contributed by atoms with van der Waals surface area (Å²) < 4.78 is 0. The molecule has 3 nitrogen and oxygen atoms in total. The number of hydrogen-bond acceptors (Lipinski definition) is 3. The number of nitrogens with one attached hydrogen (secondary N) is 1. The van der Waals surface area contributed by atoms with E-state index < -0.39 is 5.60 Å². The van der Waals surface area contributed by atoms with Crippen LogP contribution in [-0.2, 0) is 18.4 Å². The second-order valence-electron chi connectivity index (χ2n) is 6.14. The lowest BCUT2D eigenvalue weighted by atomic mass is 9.92. The van der Waals surface area contributed by atoms with E-state index in [1.54, 1.807) is 0 Å². The number of nitrogens with zero attached hydrogens (tertiary/aromatic N) is 1. The molecule has 3 heteroatoms. The fourth-order valence-corrected chi connectivity index (χ4v) is 3.30. The monoisotopic (exact) mass is 260 g/mol. The standard InChI is InChI=1S/C16H24N2O/c1-16(19,12-18-9-7-17-8-10-18)15-6-5-13-3-2-4-14(13)11-15/h5-6,11,17,19H,2-4,7-10,12H2,1H3. The molecule has 104 valence electrons. The third kappa shape index (κ3) is 2.83. The number of benzene rings is 1. The topological polar surface area (TPSA) is 35.5 Å². The Balaban J connectivity index is 1.75. The summed E-state index contributed by atoms with van der Waals surface area (Å²) in [6.45, 7) is 6.79. The zero-order valence-electron chi connectivity index (χ0n) is 11.8. The molecule has 19 heavy (non-hydrogen) atoms. The average Bonchev–Trinajstić information content (AvgIpc) is 2.86. The minimum Gasteiger partial charge on any atom is -0.384 e. The summed E-state index contributed by atoms with van der Waals surface area (Å²) in [6.07, 6.45) is 3.64. The van der Waals surface area contributed by atoms with Crippen molar-refractivity contribution in [3.05, 3.63) is 34.9 Å². The Bertz CT molecular complexity index is 450. The SMILES string of the molecule is CC(O)(CN1CCNCC1)c1ccc2c(c1)CCC2. The van der Waals surface area contributed by atoms with Gasteiger partial charge in [0.15, 0.2) is 0 Å². The Hall–Kier alpha value is -0.900. The van der Waals surface area contributed by atoms with Crippen LogP contribution in [0.4, 0.5) is 0 Å². The van der Waals surface area contributed by atoms with Gasteiger partial charge in [-0.05, 0) is 42.9 Å². The Morgan fingerprint density at radius 2 is 1.95 bits per heavy atom. The van der Waals surface area contributed by atoms with E-state index in [1.165, 1.54) is 30.4 Å². The maximum absolute atomic E-state index is 10.8. The third-order valence-electron chi connectivity index (χ3n) is 4.46. The van der Waals surface area contributed by atoms with E-state index in [0.29, 0.717) is 0 Å². The molecule has 1 aromatic rings. The van der Waals surface area contributed by atoms with Gasteiger partial charge in [0.05, 0.1) is 5.60 Å². The number of aliphatic hydroxyl groups is 1. The largest absolute Gasteiger partial charge is 0.384 e. The van der Waals surface area contributed by atoms with E-state index in [1.807, 2.05) is 6.92 Å². The second kappa shape index (κ2) is 5.23. The van der Waals surface area contributed by atoms with Crippen LogP contribution >= 0.6 is 0 Å². The Kier molecular flexibility index (Phi) is 3.61. The van der Waals surface area contributed by atoms with E-state index in [2.05, 4.69) is 28.4 Å². The number of β-amino-alcohol motifs (C(OH)–C–C–N with tert-alkyl or cyclic N) is 1. The van der Waals surface area contributed by atoms with Gasteiger partial charge in [0.1, 0.15) is 0 Å². The molecule has 1 aromatic carbocycles. The summed E-state index contributed by atoms with van der Waals surface area (Å²) in [5.41, 5.74) is 3.25. The quantitative estimate of drug-likeness (QED) is 0.859. The first-order valence-corrected chi connectivity index (χ1v) is 7.43. The molecule has 1 unspecified atom stereocenters. The molecule has 0 bridgehead atoms. The zero-order valence-corrected chi connectivity index (χ0v) is 11.8. The van der Waals surface area contributed by atoms with Crippen molar-refractivity contribution >= 4 is 0 Å². The molecule has 3 rings (SSSR count). The van der Waals surface area contributed by atoms with Gasteiger partial charge < -0.3 is 10.4 Å². The number of piperazine rings is 1. The first kappa shape index (κ1) is 13.1. The highest BCUT2D eigenvalue weighted by molar-refractivity contribution is 5.37. The Morgan fingerprint density at radius 3 is 2.74 bits per heavy atom. The van der Waals surface area contributed by atoms with Crippen LogP contribution in [0.3, 0.4) is 0 Å². The molecular formula is C16H24N2O. The van der Waals surface area contributed by atoms with Crippen LogP contribution in [0.25, 0.3) is 0 Å². The number of rotatable bonds is 3. The molecule has 0 amide bonds. The number of fused-ring (bicyclic) bond motifs is 1. The van der Waals surface area contributed by atoms with Crippen molar-refractivity contribution in [3.8, 4) is 0 Å². The molecule has 1 heterocycles. The molecule has 0 radical (unpaired) electrons. The molecule has 2 N–H and O–H groups in total. The second-order valence-corrected chi connectivity index (χ2v) is 6.14. The van der Waals surface area contributed by atoms with Gasteiger partial charge in [-0.2, -0.15) is 0 Å². The maximum atomic E-state index is 10.8. The zero-order chi connectivity index (χ0) is 13.3. The molecule has 1 saturated heterocycles. The van der Waals surface area contributed by atoms with Crippen LogP contribution in [0.1, 0.15) is 30.0 Å². The van der Waals surface area contributed by atoms with Crippen molar-refractivity contribution in [1.29, 1.82) is 0 Å². The van der Waals surface area contributed by atoms with Gasteiger partial charge in [-0.25, -0.2) is 0 Å². The van der Waals surface area contributed by atoms with Crippen LogP contribution in [0, 0.1) is 0 Å². The third-order valence-corrected chi connectivity index (χ3v) is 4.46. The molecule has 1 fully saturated rings. The minimum atomic E-state index is -0.741. The predicted octanol–water partition coefficient (Wildman–Crippen LogP) is 1.29. The highest BCUT2D eigenvalue weighted by atomic mass is 16.3. The van der Waals surface area contributed by atoms with Gasteiger partial charge in [-0.1, -0.05) is 18.2 Å². The van der Waals surface area contributed by atoms with Crippen LogP contribution < -0.4 is 5.32 Å². The first-order valence-electron chi connectivity index (χ1n) is 7.43. The molecule has 0 saturated carbocycles. The van der Waals surface area contributed by atoms with E-state index >= 15 is 0 Å². The molecule has 1 aliphatic carbocycles. The van der Waals surface area contributed by atoms with Gasteiger partial charge in [0.2, 0.25) is 0 Å². The van der Waals surface area contributed by atoms with Crippen molar-refractivity contribution < 1.29 is 5.11 Å². The molecule has 0 aromatic heterocycles. The number of hydrogen-bond donors (Lipinski definition) is 2. The Labute approximate surface area is 115 Å². The molecule has 1 aliphatic heterocycles. The summed E-state index contributed by atoms with van der Waals surface area (Å²) >= 11 is 0. The maximum Gasteiger partial charge on any atom is 0.0994 e. The van der Waals surface area contributed by atoms with E-state index in [4.69, 9.17) is 0 Å². The summed E-state index contributed by atoms with van der Waals surface area (Å²) in [5, 5.41) is 14.2. The highest BCUT2D eigenvalue weighted by Gasteiger charge is 2.28. The van der Waals surface area contributed by atoms with Crippen LogP contribution in [0.2, 0.25) is 0 Å². The van der Waals surface area contributed by atoms with Gasteiger partial charge in [0, 0.05) is 32.7 Å². The van der Waals surface area contributed by atoms with Gasteiger partial charge >= 0.3 is 0 Å². The van der Waals surface area contributed by atoms with Crippen LogP contribution in [-0.4, -0.2) is 42.7 Å². The van der Waals surface area contributed by atoms with Crippen molar-refractivity contribution in [3.63, 3.8) is 0 Å². The summed E-state index contributed by atoms with van der Waals surface area (Å²) in [5.74, 6) is 0. The predicted molar refractivity (Wildman–Crippen MR) is 77.3 cm³/mol. The van der Waals surface area contributed by atoms with Crippen LogP contribution in [0.5, 0.6) is 0 Å². The molecule has 1 atom stereocenters. The fraction of sp³-hybridized carbons (Fsp3) is 0.625. The normalized spacial score (nSPS) is 23.1. The average molecular weight is 260 g/mol. The number of aryl methyl sites for hydroxylation is 2. The minimum absolute atomic E-state index is 0.730. The fourth-order valence-electron chi connectivity index (χ4n) is 3.30. The van der Waals surface area contributed by atoms with Crippen molar-refractivity contribution in [2.75, 3.05) is 32.7 Å². The Morgan fingerprint density at radius 1 is 1.21 bits per heavy atom. The molecular weight excluding hydrogens is 236 g/mol. The van der Waals surface area contributed by atoms with Crippen molar-refractivity contribution in [2.24, 2.45) is 0 Å². The van der Waals surface area contributed by atoms with Crippen LogP contribution in [0.15, 0.2) is 18.2 Å². The first-order chi connectivity index (χ1) is 9.15. The van der Waals surface area contributed by atoms with Crippen molar-refractivity contribution in [1.82, 2.24) is 10.2 Å². The lowest BCUT2D eigenvalue weighted by molar-refractivity contribution is 0.0125. The lowest BCUT2D eigenvalue weighted by Crippen LogP contribution is -2.48. The van der Waals surface area contributed by atoms with Gasteiger partial charge in [-0.3, -0.25) is 4.90 Å². The molecule has 0 spiro atoms. The van der Waals surface area contributed by atoms with E-state index in [0.717, 1.165) is 38.3 Å². The van der Waals surface area contributed by atoms with Gasteiger partial charge in [-0.15, -0.1) is 0 Å². The van der Waals surface area contributed by atoms with Crippen molar-refractivity contribution in [2.45, 2.75) is 31.8 Å². The summed E-state index contributed by atoms with van der Waals surface area (Å²) in [6, 6.07) is 6.56. The lowest BCUT2D eigenvalue weighted by Gasteiger charge is -2.34. The molecule has 2 aliphatic rings. The van der Waals surface area contributed by atoms with E-state index in [9.17, 15) is 5.11 Å². The smallest absolute Gasteiger partial charge is 0.0994 e. The van der Waals surface area contributed by atoms with Gasteiger partial charge in [0.25, 0.3) is 0 Å². The van der Waals surface area contributed by atoms with E-state index in [-0.39, 0.29) is 0 Å². The summed E-state index contributed by atoms with van der Waals surface area (Å²) in [4.78, 5) is 2.35. The summed E-state index contributed by atoms with van der Waals surface area (Å²) in [7, 11) is 0. The highest BCUT2D eigenvalue weighted by Crippen LogP contribution is 2.28.